The smallest absolute Gasteiger partial charge is 0.238 e. The lowest BCUT2D eigenvalue weighted by Gasteiger charge is -2.21. The maximum absolute atomic E-state index is 5.85. The van der Waals surface area contributed by atoms with Crippen molar-refractivity contribution in [2.24, 2.45) is 0 Å². The molecule has 0 saturated carbocycles. The summed E-state index contributed by atoms with van der Waals surface area (Å²) in [7, 11) is 1.63. The zero-order chi connectivity index (χ0) is 22.5. The lowest BCUT2D eigenvalue weighted by molar-refractivity contribution is 0.172. The van der Waals surface area contributed by atoms with E-state index in [1.807, 2.05) is 42.5 Å². The van der Waals surface area contributed by atoms with Crippen molar-refractivity contribution in [3.05, 3.63) is 78.1 Å². The molecule has 5 rings (SSSR count). The maximum Gasteiger partial charge on any atom is 0.238 e. The molecule has 1 aliphatic rings. The molecule has 2 aromatic carbocycles. The molecule has 7 heteroatoms. The van der Waals surface area contributed by atoms with Gasteiger partial charge in [-0.15, -0.1) is 0 Å². The highest BCUT2D eigenvalue weighted by Gasteiger charge is 2.18. The van der Waals surface area contributed by atoms with Crippen molar-refractivity contribution < 1.29 is 14.2 Å². The van der Waals surface area contributed by atoms with Gasteiger partial charge in [0.25, 0.3) is 0 Å². The van der Waals surface area contributed by atoms with Gasteiger partial charge in [0.1, 0.15) is 18.9 Å². The number of H-pyrrole nitrogens is 1. The molecule has 168 valence electrons. The topological polar surface area (TPSA) is 81.3 Å². The first-order chi connectivity index (χ1) is 16.3. The number of hydrogen-bond donors (Lipinski definition) is 2. The maximum atomic E-state index is 5.85. The summed E-state index contributed by atoms with van der Waals surface area (Å²) >= 11 is 0. The zero-order valence-electron chi connectivity index (χ0n) is 18.5. The van der Waals surface area contributed by atoms with Gasteiger partial charge >= 0.3 is 0 Å². The van der Waals surface area contributed by atoms with E-state index in [2.05, 4.69) is 33.7 Å². The van der Waals surface area contributed by atoms with Crippen molar-refractivity contribution in [2.45, 2.75) is 19.3 Å². The molecule has 0 aliphatic carbocycles. The van der Waals surface area contributed by atoms with Crippen molar-refractivity contribution in [3.63, 3.8) is 0 Å². The Kier molecular flexibility index (Phi) is 6.10. The SMILES string of the molecule is COc1nc(-c2cccc3c2OCCO3)ccc1Nc1cccc(CCCc2ccn[nH]2)c1. The van der Waals surface area contributed by atoms with Crippen molar-refractivity contribution in [1.29, 1.82) is 0 Å². The summed E-state index contributed by atoms with van der Waals surface area (Å²) in [5.41, 5.74) is 5.89. The Balaban J connectivity index is 1.32. The molecule has 0 spiro atoms. The Morgan fingerprint density at radius 1 is 1.00 bits per heavy atom. The Bertz CT molecular complexity index is 1220. The van der Waals surface area contributed by atoms with Crippen LogP contribution in [0, 0.1) is 0 Å². The van der Waals surface area contributed by atoms with Crippen LogP contribution in [0.1, 0.15) is 17.7 Å². The largest absolute Gasteiger partial charge is 0.486 e. The molecule has 0 atom stereocenters. The average Bonchev–Trinajstić information content (AvgIpc) is 3.38. The summed E-state index contributed by atoms with van der Waals surface area (Å²) in [6, 6.07) is 20.2. The van der Waals surface area contributed by atoms with E-state index in [1.165, 1.54) is 5.56 Å². The van der Waals surface area contributed by atoms with Crippen LogP contribution >= 0.6 is 0 Å². The number of nitrogens with one attached hydrogen (secondary N) is 2. The van der Waals surface area contributed by atoms with Crippen molar-refractivity contribution >= 4 is 11.4 Å². The van der Waals surface area contributed by atoms with E-state index < -0.39 is 0 Å². The van der Waals surface area contributed by atoms with E-state index >= 15 is 0 Å². The monoisotopic (exact) mass is 442 g/mol. The lowest BCUT2D eigenvalue weighted by atomic mass is 10.1. The summed E-state index contributed by atoms with van der Waals surface area (Å²) in [5, 5.41) is 10.5. The van der Waals surface area contributed by atoms with Gasteiger partial charge in [0.2, 0.25) is 5.88 Å². The quantitative estimate of drug-likeness (QED) is 0.392. The van der Waals surface area contributed by atoms with E-state index in [0.717, 1.165) is 59.1 Å². The summed E-state index contributed by atoms with van der Waals surface area (Å²) < 4.78 is 17.2. The van der Waals surface area contributed by atoms with E-state index in [4.69, 9.17) is 19.2 Å². The second-order valence-electron chi connectivity index (χ2n) is 7.84. The van der Waals surface area contributed by atoms with Crippen LogP contribution in [-0.2, 0) is 12.8 Å². The standard InChI is InChI=1S/C26H26N4O3/c1-31-26-23(12-11-22(29-26)21-9-4-10-24-25(21)33-16-15-32-24)28-20-8-3-6-18(17-20)5-2-7-19-13-14-27-30-19/h3-4,6,8-14,17,28H,2,5,7,15-16H2,1H3,(H,27,30). The van der Waals surface area contributed by atoms with Gasteiger partial charge in [-0.3, -0.25) is 5.10 Å². The van der Waals surface area contributed by atoms with Gasteiger partial charge in [-0.1, -0.05) is 18.2 Å². The minimum absolute atomic E-state index is 0.520. The van der Waals surface area contributed by atoms with Gasteiger partial charge in [-0.2, -0.15) is 5.10 Å². The molecular formula is C26H26N4O3. The van der Waals surface area contributed by atoms with E-state index in [1.54, 1.807) is 13.3 Å². The van der Waals surface area contributed by atoms with E-state index in [9.17, 15) is 0 Å². The molecule has 2 aromatic heterocycles. The molecule has 33 heavy (non-hydrogen) atoms. The minimum atomic E-state index is 0.520. The van der Waals surface area contributed by atoms with Crippen LogP contribution in [0.5, 0.6) is 17.4 Å². The number of aryl methyl sites for hydroxylation is 2. The average molecular weight is 443 g/mol. The van der Waals surface area contributed by atoms with E-state index in [-0.39, 0.29) is 0 Å². The summed E-state index contributed by atoms with van der Waals surface area (Å²) in [5.74, 6) is 1.99. The van der Waals surface area contributed by atoms with Gasteiger partial charge in [-0.25, -0.2) is 4.98 Å². The fraction of sp³-hybridized carbons (Fsp3) is 0.231. The number of hydrogen-bond acceptors (Lipinski definition) is 6. The predicted molar refractivity (Wildman–Crippen MR) is 128 cm³/mol. The highest BCUT2D eigenvalue weighted by Crippen LogP contribution is 2.40. The number of rotatable bonds is 8. The molecule has 0 amide bonds. The molecular weight excluding hydrogens is 416 g/mol. The number of ether oxygens (including phenoxy) is 3. The first-order valence-electron chi connectivity index (χ1n) is 11.1. The number of nitrogens with zero attached hydrogens (tertiary/aromatic N) is 2. The second kappa shape index (κ2) is 9.65. The molecule has 0 radical (unpaired) electrons. The van der Waals surface area contributed by atoms with Crippen LogP contribution in [0.2, 0.25) is 0 Å². The fourth-order valence-corrected chi connectivity index (χ4v) is 3.98. The Morgan fingerprint density at radius 3 is 2.79 bits per heavy atom. The summed E-state index contributed by atoms with van der Waals surface area (Å²) in [6.07, 6.45) is 4.82. The van der Waals surface area contributed by atoms with Crippen molar-refractivity contribution in [1.82, 2.24) is 15.2 Å². The molecule has 0 saturated heterocycles. The molecule has 1 aliphatic heterocycles. The van der Waals surface area contributed by atoms with Crippen LogP contribution in [0.4, 0.5) is 11.4 Å². The highest BCUT2D eigenvalue weighted by atomic mass is 16.6. The van der Waals surface area contributed by atoms with Crippen LogP contribution in [0.15, 0.2) is 66.9 Å². The van der Waals surface area contributed by atoms with Crippen LogP contribution in [0.25, 0.3) is 11.3 Å². The minimum Gasteiger partial charge on any atom is -0.486 e. The third-order valence-electron chi connectivity index (χ3n) is 5.57. The molecule has 0 bridgehead atoms. The molecule has 7 nitrogen and oxygen atoms in total. The molecule has 4 aromatic rings. The molecule has 0 fully saturated rings. The Morgan fingerprint density at radius 2 is 1.91 bits per heavy atom. The zero-order valence-corrected chi connectivity index (χ0v) is 18.5. The predicted octanol–water partition coefficient (Wildman–Crippen LogP) is 5.17. The number of pyridine rings is 1. The third kappa shape index (κ3) is 4.77. The fourth-order valence-electron chi connectivity index (χ4n) is 3.98. The van der Waals surface area contributed by atoms with Crippen molar-refractivity contribution in [2.75, 3.05) is 25.6 Å². The molecule has 3 heterocycles. The molecule has 0 unspecified atom stereocenters. The van der Waals surface area contributed by atoms with Crippen LogP contribution in [0.3, 0.4) is 0 Å². The Hall–Kier alpha value is -4.00. The van der Waals surface area contributed by atoms with Crippen LogP contribution < -0.4 is 19.5 Å². The number of anilines is 2. The van der Waals surface area contributed by atoms with Gasteiger partial charge in [0, 0.05) is 23.1 Å². The van der Waals surface area contributed by atoms with Gasteiger partial charge in [0.05, 0.1) is 12.8 Å². The van der Waals surface area contributed by atoms with Crippen LogP contribution in [-0.4, -0.2) is 35.5 Å². The van der Waals surface area contributed by atoms with Gasteiger partial charge < -0.3 is 19.5 Å². The lowest BCUT2D eigenvalue weighted by Crippen LogP contribution is -2.16. The summed E-state index contributed by atoms with van der Waals surface area (Å²) in [6.45, 7) is 1.08. The number of para-hydroxylation sites is 1. The van der Waals surface area contributed by atoms with Gasteiger partial charge in [0.15, 0.2) is 11.5 Å². The van der Waals surface area contributed by atoms with E-state index in [0.29, 0.717) is 19.1 Å². The Labute approximate surface area is 192 Å². The van der Waals surface area contributed by atoms with Crippen molar-refractivity contribution in [3.8, 4) is 28.6 Å². The second-order valence-corrected chi connectivity index (χ2v) is 7.84. The normalized spacial score (nSPS) is 12.4. The third-order valence-corrected chi connectivity index (χ3v) is 5.57. The number of benzene rings is 2. The number of aromatic amines is 1. The number of fused-ring (bicyclic) bond motifs is 1. The number of methoxy groups -OCH3 is 1. The summed E-state index contributed by atoms with van der Waals surface area (Å²) in [4.78, 5) is 4.74. The first-order valence-corrected chi connectivity index (χ1v) is 11.1. The highest BCUT2D eigenvalue weighted by molar-refractivity contribution is 5.74. The molecule has 2 N–H and O–H groups in total. The number of aromatic nitrogens is 3. The van der Waals surface area contributed by atoms with Gasteiger partial charge in [-0.05, 0) is 67.3 Å². The first kappa shape index (κ1) is 20.9.